The normalized spacial score (nSPS) is 21.8. The van der Waals surface area contributed by atoms with Crippen molar-refractivity contribution < 1.29 is 9.66 Å². The minimum Gasteiger partial charge on any atom is -0.494 e. The summed E-state index contributed by atoms with van der Waals surface area (Å²) in [5, 5.41) is 14.5. The number of anilines is 1. The van der Waals surface area contributed by atoms with Crippen LogP contribution in [0.5, 0.6) is 5.75 Å². The molecule has 1 aliphatic rings. The third kappa shape index (κ3) is 4.34. The fraction of sp³-hybridized carbons (Fsp3) is 0.625. The zero-order valence-electron chi connectivity index (χ0n) is 12.8. The molecule has 1 aromatic carbocycles. The number of benzene rings is 1. The van der Waals surface area contributed by atoms with Gasteiger partial charge < -0.3 is 10.1 Å². The minimum atomic E-state index is -0.372. The first-order chi connectivity index (χ1) is 10.1. The molecule has 2 unspecified atom stereocenters. The standard InChI is InChI=1S/C16H24N2O3/c1-3-12-6-5-7-13(8-12)17-14-9-15(18(19)20)11-16(10-14)21-4-2/h9-13,17H,3-8H2,1-2H3. The molecule has 0 aliphatic heterocycles. The predicted octanol–water partition coefficient (Wildman–Crippen LogP) is 4.37. The Bertz CT molecular complexity index is 490. The Morgan fingerprint density at radius 2 is 2.14 bits per heavy atom. The van der Waals surface area contributed by atoms with Gasteiger partial charge in [-0.3, -0.25) is 10.1 Å². The van der Waals surface area contributed by atoms with Gasteiger partial charge in [0.05, 0.1) is 17.6 Å². The lowest BCUT2D eigenvalue weighted by molar-refractivity contribution is -0.384. The summed E-state index contributed by atoms with van der Waals surface area (Å²) in [5.74, 6) is 1.32. The van der Waals surface area contributed by atoms with Crippen LogP contribution in [-0.2, 0) is 0 Å². The average Bonchev–Trinajstić information content (AvgIpc) is 2.47. The fourth-order valence-electron chi connectivity index (χ4n) is 3.05. The highest BCUT2D eigenvalue weighted by Crippen LogP contribution is 2.31. The van der Waals surface area contributed by atoms with Gasteiger partial charge in [-0.25, -0.2) is 0 Å². The lowest BCUT2D eigenvalue weighted by Gasteiger charge is -2.29. The topological polar surface area (TPSA) is 64.4 Å². The summed E-state index contributed by atoms with van der Waals surface area (Å²) in [4.78, 5) is 10.7. The van der Waals surface area contributed by atoms with Gasteiger partial charge in [-0.2, -0.15) is 0 Å². The van der Waals surface area contributed by atoms with Gasteiger partial charge in [-0.05, 0) is 25.7 Å². The van der Waals surface area contributed by atoms with E-state index in [4.69, 9.17) is 4.74 Å². The summed E-state index contributed by atoms with van der Waals surface area (Å²) in [6.45, 7) is 4.61. The highest BCUT2D eigenvalue weighted by molar-refractivity contribution is 5.56. The van der Waals surface area contributed by atoms with E-state index >= 15 is 0 Å². The molecule has 5 nitrogen and oxygen atoms in total. The Morgan fingerprint density at radius 3 is 2.81 bits per heavy atom. The van der Waals surface area contributed by atoms with Gasteiger partial charge in [0.15, 0.2) is 0 Å². The van der Waals surface area contributed by atoms with Crippen molar-refractivity contribution in [2.45, 2.75) is 52.0 Å². The molecule has 5 heteroatoms. The first kappa shape index (κ1) is 15.6. The molecule has 116 valence electrons. The lowest BCUT2D eigenvalue weighted by Crippen LogP contribution is -2.27. The summed E-state index contributed by atoms with van der Waals surface area (Å²) >= 11 is 0. The Hall–Kier alpha value is -1.78. The van der Waals surface area contributed by atoms with Gasteiger partial charge in [-0.15, -0.1) is 0 Å². The number of nitro groups is 1. The number of hydrogen-bond acceptors (Lipinski definition) is 4. The van der Waals surface area contributed by atoms with Crippen LogP contribution < -0.4 is 10.1 Å². The number of nitro benzene ring substituents is 1. The molecule has 1 N–H and O–H groups in total. The molecular formula is C16H24N2O3. The molecule has 0 bridgehead atoms. The third-order valence-corrected chi connectivity index (χ3v) is 4.14. The molecule has 0 heterocycles. The summed E-state index contributed by atoms with van der Waals surface area (Å²) in [5.41, 5.74) is 0.862. The molecule has 0 spiro atoms. The van der Waals surface area contributed by atoms with E-state index in [1.807, 2.05) is 13.0 Å². The zero-order valence-corrected chi connectivity index (χ0v) is 12.8. The van der Waals surface area contributed by atoms with E-state index in [0.717, 1.165) is 24.4 Å². The maximum Gasteiger partial charge on any atom is 0.275 e. The number of ether oxygens (including phenoxy) is 1. The molecule has 1 aliphatic carbocycles. The van der Waals surface area contributed by atoms with Gasteiger partial charge in [0.1, 0.15) is 5.75 Å². The van der Waals surface area contributed by atoms with Crippen molar-refractivity contribution in [1.82, 2.24) is 0 Å². The first-order valence-electron chi connectivity index (χ1n) is 7.81. The molecule has 2 atom stereocenters. The van der Waals surface area contributed by atoms with Gasteiger partial charge in [0.2, 0.25) is 0 Å². The van der Waals surface area contributed by atoms with Gasteiger partial charge in [-0.1, -0.05) is 26.2 Å². The maximum atomic E-state index is 11.0. The van der Waals surface area contributed by atoms with E-state index < -0.39 is 0 Å². The smallest absolute Gasteiger partial charge is 0.275 e. The molecule has 0 radical (unpaired) electrons. The van der Waals surface area contributed by atoms with Crippen molar-refractivity contribution in [3.63, 3.8) is 0 Å². The number of hydrogen-bond donors (Lipinski definition) is 1. The number of nitrogens with zero attached hydrogens (tertiary/aromatic N) is 1. The minimum absolute atomic E-state index is 0.0753. The molecule has 1 saturated carbocycles. The maximum absolute atomic E-state index is 11.0. The molecule has 21 heavy (non-hydrogen) atoms. The highest BCUT2D eigenvalue weighted by atomic mass is 16.6. The lowest BCUT2D eigenvalue weighted by atomic mass is 9.84. The van der Waals surface area contributed by atoms with Crippen molar-refractivity contribution in [3.8, 4) is 5.75 Å². The molecule has 1 aromatic rings. The SMILES string of the molecule is CCOc1cc(NC2CCCC(CC)C2)cc([N+](=O)[O-])c1. The highest BCUT2D eigenvalue weighted by Gasteiger charge is 2.21. The fourth-order valence-corrected chi connectivity index (χ4v) is 3.05. The van der Waals surface area contributed by atoms with Crippen LogP contribution in [-0.4, -0.2) is 17.6 Å². The molecular weight excluding hydrogens is 268 g/mol. The number of non-ortho nitro benzene ring substituents is 1. The predicted molar refractivity (Wildman–Crippen MR) is 83.9 cm³/mol. The Kier molecular flexibility index (Phi) is 5.42. The van der Waals surface area contributed by atoms with Crippen molar-refractivity contribution in [1.29, 1.82) is 0 Å². The summed E-state index contributed by atoms with van der Waals surface area (Å²) < 4.78 is 5.42. The largest absolute Gasteiger partial charge is 0.494 e. The van der Waals surface area contributed by atoms with Crippen LogP contribution in [0.2, 0.25) is 0 Å². The molecule has 0 saturated heterocycles. The van der Waals surface area contributed by atoms with Crippen LogP contribution in [0.4, 0.5) is 11.4 Å². The average molecular weight is 292 g/mol. The Labute approximate surface area is 125 Å². The van der Waals surface area contributed by atoms with Crippen LogP contribution in [0.1, 0.15) is 46.0 Å². The summed E-state index contributed by atoms with van der Waals surface area (Å²) in [7, 11) is 0. The van der Waals surface area contributed by atoms with Crippen LogP contribution in [0.15, 0.2) is 18.2 Å². The monoisotopic (exact) mass is 292 g/mol. The van der Waals surface area contributed by atoms with Crippen molar-refractivity contribution >= 4 is 11.4 Å². The van der Waals surface area contributed by atoms with E-state index in [-0.39, 0.29) is 10.6 Å². The second-order valence-electron chi connectivity index (χ2n) is 5.69. The van der Waals surface area contributed by atoms with E-state index in [9.17, 15) is 10.1 Å². The van der Waals surface area contributed by atoms with Crippen molar-refractivity contribution in [2.24, 2.45) is 5.92 Å². The van der Waals surface area contributed by atoms with Crippen LogP contribution in [0, 0.1) is 16.0 Å². The molecule has 2 rings (SSSR count). The van der Waals surface area contributed by atoms with Gasteiger partial charge in [0.25, 0.3) is 5.69 Å². The molecule has 1 fully saturated rings. The first-order valence-corrected chi connectivity index (χ1v) is 7.81. The van der Waals surface area contributed by atoms with Crippen molar-refractivity contribution in [3.05, 3.63) is 28.3 Å². The summed E-state index contributed by atoms with van der Waals surface area (Å²) in [6.07, 6.45) is 6.00. The summed E-state index contributed by atoms with van der Waals surface area (Å²) in [6, 6.07) is 5.33. The van der Waals surface area contributed by atoms with E-state index in [0.29, 0.717) is 18.4 Å². The van der Waals surface area contributed by atoms with E-state index in [1.165, 1.54) is 25.3 Å². The van der Waals surface area contributed by atoms with Crippen LogP contribution in [0.25, 0.3) is 0 Å². The zero-order chi connectivity index (χ0) is 15.2. The van der Waals surface area contributed by atoms with Gasteiger partial charge in [0, 0.05) is 23.9 Å². The second kappa shape index (κ2) is 7.29. The number of rotatable bonds is 6. The number of nitrogens with one attached hydrogen (secondary N) is 1. The quantitative estimate of drug-likeness (QED) is 0.624. The van der Waals surface area contributed by atoms with E-state index in [2.05, 4.69) is 12.2 Å². The van der Waals surface area contributed by atoms with Crippen LogP contribution >= 0.6 is 0 Å². The van der Waals surface area contributed by atoms with Crippen molar-refractivity contribution in [2.75, 3.05) is 11.9 Å². The van der Waals surface area contributed by atoms with Gasteiger partial charge >= 0.3 is 0 Å². The second-order valence-corrected chi connectivity index (χ2v) is 5.69. The molecule has 0 aromatic heterocycles. The van der Waals surface area contributed by atoms with Crippen LogP contribution in [0.3, 0.4) is 0 Å². The van der Waals surface area contributed by atoms with E-state index in [1.54, 1.807) is 6.07 Å². The Balaban J connectivity index is 2.12. The third-order valence-electron chi connectivity index (χ3n) is 4.14. The molecule has 0 amide bonds. The Morgan fingerprint density at radius 1 is 1.33 bits per heavy atom.